The Morgan fingerprint density at radius 2 is 2.17 bits per heavy atom. The topological polar surface area (TPSA) is 73.6 Å². The molecule has 0 saturated carbocycles. The van der Waals surface area contributed by atoms with Crippen molar-refractivity contribution in [2.75, 3.05) is 26.3 Å². The van der Waals surface area contributed by atoms with Crippen molar-refractivity contribution in [2.24, 2.45) is 11.1 Å². The third kappa shape index (κ3) is 5.64. The van der Waals surface area contributed by atoms with Crippen LogP contribution in [0.25, 0.3) is 0 Å². The van der Waals surface area contributed by atoms with Crippen molar-refractivity contribution >= 4 is 34.2 Å². The summed E-state index contributed by atoms with van der Waals surface area (Å²) < 4.78 is 12.1. The summed E-state index contributed by atoms with van der Waals surface area (Å²) in [7, 11) is 0. The highest BCUT2D eigenvalue weighted by molar-refractivity contribution is 9.10. The maximum Gasteiger partial charge on any atom is 0.227 e. The summed E-state index contributed by atoms with van der Waals surface area (Å²) >= 11 is 3.41. The van der Waals surface area contributed by atoms with Crippen molar-refractivity contribution in [1.82, 2.24) is 5.32 Å². The summed E-state index contributed by atoms with van der Waals surface area (Å²) in [6.45, 7) is 3.92. The molecule has 130 valence electrons. The van der Waals surface area contributed by atoms with Gasteiger partial charge >= 0.3 is 0 Å². The Balaban J connectivity index is 0.00000264. The quantitative estimate of drug-likeness (QED) is 0.760. The first-order valence-corrected chi connectivity index (χ1v) is 8.33. The number of halogens is 2. The molecule has 3 N–H and O–H groups in total. The lowest BCUT2D eigenvalue weighted by atomic mass is 9.79. The molecule has 7 heteroatoms. The van der Waals surface area contributed by atoms with Crippen LogP contribution >= 0.6 is 28.3 Å². The van der Waals surface area contributed by atoms with Crippen LogP contribution in [-0.2, 0) is 9.53 Å². The molecule has 1 aliphatic rings. The second kappa shape index (κ2) is 9.47. The molecule has 1 aromatic rings. The zero-order chi connectivity index (χ0) is 16.0. The van der Waals surface area contributed by atoms with Gasteiger partial charge in [-0.25, -0.2) is 0 Å². The smallest absolute Gasteiger partial charge is 0.227 e. The summed E-state index contributed by atoms with van der Waals surface area (Å²) in [4.78, 5) is 12.5. The molecule has 1 atom stereocenters. The van der Waals surface area contributed by atoms with E-state index in [1.165, 1.54) is 0 Å². The third-order valence-corrected chi connectivity index (χ3v) is 4.50. The van der Waals surface area contributed by atoms with E-state index in [1.807, 2.05) is 31.2 Å². The van der Waals surface area contributed by atoms with Gasteiger partial charge < -0.3 is 20.5 Å². The van der Waals surface area contributed by atoms with E-state index >= 15 is 0 Å². The minimum Gasteiger partial charge on any atom is -0.489 e. The predicted molar refractivity (Wildman–Crippen MR) is 96.0 cm³/mol. The Hall–Kier alpha value is -0.820. The fourth-order valence-electron chi connectivity index (χ4n) is 2.52. The van der Waals surface area contributed by atoms with Gasteiger partial charge in [0.1, 0.15) is 11.9 Å². The zero-order valence-electron chi connectivity index (χ0n) is 13.2. The van der Waals surface area contributed by atoms with E-state index < -0.39 is 5.41 Å². The summed E-state index contributed by atoms with van der Waals surface area (Å²) in [5.74, 6) is 0.777. The van der Waals surface area contributed by atoms with Gasteiger partial charge in [-0.15, -0.1) is 12.4 Å². The lowest BCUT2D eigenvalue weighted by molar-refractivity contribution is -0.136. The van der Waals surface area contributed by atoms with Crippen molar-refractivity contribution < 1.29 is 14.3 Å². The molecule has 0 aliphatic carbocycles. The number of carbonyl (C=O) groups excluding carboxylic acids is 1. The molecule has 5 nitrogen and oxygen atoms in total. The van der Waals surface area contributed by atoms with Crippen LogP contribution in [0.1, 0.15) is 19.8 Å². The average molecular weight is 408 g/mol. The molecule has 1 aromatic carbocycles. The normalized spacial score (nSPS) is 17.7. The second-order valence-electron chi connectivity index (χ2n) is 5.69. The Labute approximate surface area is 151 Å². The van der Waals surface area contributed by atoms with Crippen LogP contribution in [0.3, 0.4) is 0 Å². The van der Waals surface area contributed by atoms with E-state index in [2.05, 4.69) is 21.2 Å². The number of nitrogens with two attached hydrogens (primary N) is 1. The fraction of sp³-hybridized carbons (Fsp3) is 0.562. The van der Waals surface area contributed by atoms with E-state index in [4.69, 9.17) is 15.2 Å². The minimum absolute atomic E-state index is 0. The summed E-state index contributed by atoms with van der Waals surface area (Å²) in [5, 5.41) is 2.97. The number of hydrogen-bond acceptors (Lipinski definition) is 4. The maximum absolute atomic E-state index is 12.5. The molecule has 1 fully saturated rings. The molecule has 1 aliphatic heterocycles. The molecular formula is C16H24BrClN2O3. The van der Waals surface area contributed by atoms with Crippen molar-refractivity contribution in [3.05, 3.63) is 28.7 Å². The van der Waals surface area contributed by atoms with Gasteiger partial charge in [-0.05, 0) is 38.0 Å². The number of ether oxygens (including phenoxy) is 2. The van der Waals surface area contributed by atoms with E-state index in [9.17, 15) is 4.79 Å². The fourth-order valence-corrected chi connectivity index (χ4v) is 2.90. The Morgan fingerprint density at radius 3 is 2.78 bits per heavy atom. The lowest BCUT2D eigenvalue weighted by Gasteiger charge is -2.34. The van der Waals surface area contributed by atoms with Crippen LogP contribution in [0.2, 0.25) is 0 Å². The van der Waals surface area contributed by atoms with E-state index in [-0.39, 0.29) is 24.4 Å². The highest BCUT2D eigenvalue weighted by Gasteiger charge is 2.38. The Kier molecular flexibility index (Phi) is 8.33. The van der Waals surface area contributed by atoms with E-state index in [0.717, 1.165) is 10.2 Å². The average Bonchev–Trinajstić information content (AvgIpc) is 2.53. The van der Waals surface area contributed by atoms with Crippen LogP contribution < -0.4 is 15.8 Å². The first-order chi connectivity index (χ1) is 10.6. The Morgan fingerprint density at radius 1 is 1.48 bits per heavy atom. The van der Waals surface area contributed by atoms with Gasteiger partial charge in [0, 0.05) is 24.2 Å². The number of carbonyl (C=O) groups is 1. The zero-order valence-corrected chi connectivity index (χ0v) is 15.6. The summed E-state index contributed by atoms with van der Waals surface area (Å²) in [6.07, 6.45) is 1.24. The van der Waals surface area contributed by atoms with Crippen molar-refractivity contribution in [1.29, 1.82) is 0 Å². The first kappa shape index (κ1) is 20.2. The highest BCUT2D eigenvalue weighted by Crippen LogP contribution is 2.29. The molecular weight excluding hydrogens is 384 g/mol. The molecule has 0 bridgehead atoms. The molecule has 1 saturated heterocycles. The van der Waals surface area contributed by atoms with Crippen molar-refractivity contribution in [2.45, 2.75) is 25.9 Å². The van der Waals surface area contributed by atoms with Gasteiger partial charge in [0.25, 0.3) is 0 Å². The maximum atomic E-state index is 12.5. The van der Waals surface area contributed by atoms with Crippen LogP contribution in [0, 0.1) is 5.41 Å². The standard InChI is InChI=1S/C16H23BrN2O3.ClH/c1-12(22-14-4-2-3-13(17)9-14)10-19-15(20)16(11-18)5-7-21-8-6-16;/h2-4,9,12H,5-8,10-11,18H2,1H3,(H,19,20);1H. The van der Waals surface area contributed by atoms with Crippen LogP contribution in [0.15, 0.2) is 28.7 Å². The van der Waals surface area contributed by atoms with E-state index in [0.29, 0.717) is 39.1 Å². The molecule has 0 aromatic heterocycles. The van der Waals surface area contributed by atoms with Gasteiger partial charge in [-0.3, -0.25) is 4.79 Å². The number of rotatable bonds is 6. The molecule has 1 unspecified atom stereocenters. The molecule has 23 heavy (non-hydrogen) atoms. The second-order valence-corrected chi connectivity index (χ2v) is 6.61. The summed E-state index contributed by atoms with van der Waals surface area (Å²) in [6, 6.07) is 7.65. The van der Waals surface area contributed by atoms with Crippen molar-refractivity contribution in [3.63, 3.8) is 0 Å². The number of hydrogen-bond donors (Lipinski definition) is 2. The monoisotopic (exact) mass is 406 g/mol. The van der Waals surface area contributed by atoms with Crippen LogP contribution in [0.4, 0.5) is 0 Å². The van der Waals surface area contributed by atoms with Crippen molar-refractivity contribution in [3.8, 4) is 5.75 Å². The number of nitrogens with one attached hydrogen (secondary N) is 1. The van der Waals surface area contributed by atoms with Crippen LogP contribution in [0.5, 0.6) is 5.75 Å². The van der Waals surface area contributed by atoms with Gasteiger partial charge in [-0.2, -0.15) is 0 Å². The number of benzene rings is 1. The highest BCUT2D eigenvalue weighted by atomic mass is 79.9. The minimum atomic E-state index is -0.492. The molecule has 0 radical (unpaired) electrons. The molecule has 2 rings (SSSR count). The lowest BCUT2D eigenvalue weighted by Crippen LogP contribution is -2.50. The van der Waals surface area contributed by atoms with Gasteiger partial charge in [0.15, 0.2) is 0 Å². The first-order valence-electron chi connectivity index (χ1n) is 7.54. The molecule has 1 heterocycles. The SMILES string of the molecule is CC(CNC(=O)C1(CN)CCOCC1)Oc1cccc(Br)c1.Cl. The van der Waals surface area contributed by atoms with E-state index in [1.54, 1.807) is 0 Å². The summed E-state index contributed by atoms with van der Waals surface area (Å²) in [5.41, 5.74) is 5.34. The predicted octanol–water partition coefficient (Wildman–Crippen LogP) is 2.51. The van der Waals surface area contributed by atoms with Gasteiger partial charge in [0.05, 0.1) is 12.0 Å². The Bertz CT molecular complexity index is 510. The third-order valence-electron chi connectivity index (χ3n) is 4.01. The number of amides is 1. The molecule has 0 spiro atoms. The van der Waals surface area contributed by atoms with Crippen LogP contribution in [-0.4, -0.2) is 38.3 Å². The van der Waals surface area contributed by atoms with Gasteiger partial charge in [-0.1, -0.05) is 22.0 Å². The molecule has 1 amide bonds. The largest absolute Gasteiger partial charge is 0.489 e. The van der Waals surface area contributed by atoms with Gasteiger partial charge in [0.2, 0.25) is 5.91 Å².